The van der Waals surface area contributed by atoms with Crippen LogP contribution in [0.15, 0.2) is 0 Å². The molecule has 2 N–H and O–H groups in total. The summed E-state index contributed by atoms with van der Waals surface area (Å²) in [6, 6.07) is 0. The lowest BCUT2D eigenvalue weighted by Crippen LogP contribution is -2.45. The van der Waals surface area contributed by atoms with E-state index in [0.29, 0.717) is 5.25 Å². The van der Waals surface area contributed by atoms with Crippen molar-refractivity contribution in [1.82, 2.24) is 10.6 Å². The van der Waals surface area contributed by atoms with Crippen molar-refractivity contribution < 1.29 is 4.79 Å². The van der Waals surface area contributed by atoms with E-state index in [1.165, 1.54) is 11.8 Å². The van der Waals surface area contributed by atoms with Gasteiger partial charge in [0.2, 0.25) is 0 Å². The number of hydrogen-bond donors (Lipinski definition) is 2. The Kier molecular flexibility index (Phi) is 3.18. The average Bonchev–Trinajstić information content (AvgIpc) is 1.88. The molecule has 0 aromatic rings. The first-order chi connectivity index (χ1) is 4.79. The van der Waals surface area contributed by atoms with Gasteiger partial charge in [-0.1, -0.05) is 11.8 Å². The highest BCUT2D eigenvalue weighted by atomic mass is 32.2. The second-order valence-corrected chi connectivity index (χ2v) is 3.79. The Hall–Kier alpha value is -0.0600. The Bertz CT molecular complexity index is 123. The smallest absolute Gasteiger partial charge is 0.186 e. The Morgan fingerprint density at radius 3 is 2.60 bits per heavy atom. The number of carbonyl (C=O) groups excluding carboxylic acids is 1. The molecule has 10 heavy (non-hydrogen) atoms. The van der Waals surface area contributed by atoms with E-state index in [2.05, 4.69) is 10.6 Å². The number of hydrogen-bond acceptors (Lipinski definition) is 4. The van der Waals surface area contributed by atoms with Crippen molar-refractivity contribution in [1.29, 1.82) is 0 Å². The number of thioether (sulfide) groups is 1. The molecule has 1 aliphatic rings. The van der Waals surface area contributed by atoms with Gasteiger partial charge in [-0.25, -0.2) is 0 Å². The Labute approximate surface area is 64.9 Å². The van der Waals surface area contributed by atoms with E-state index < -0.39 is 0 Å². The van der Waals surface area contributed by atoms with Crippen LogP contribution in [0.1, 0.15) is 6.92 Å². The molecule has 1 aliphatic heterocycles. The first-order valence-corrected chi connectivity index (χ1v) is 4.25. The van der Waals surface area contributed by atoms with Crippen LogP contribution >= 0.6 is 11.8 Å². The first-order valence-electron chi connectivity index (χ1n) is 3.37. The molecule has 0 unspecified atom stereocenters. The summed E-state index contributed by atoms with van der Waals surface area (Å²) < 4.78 is 0. The van der Waals surface area contributed by atoms with Crippen molar-refractivity contribution >= 4 is 16.9 Å². The Balaban J connectivity index is 2.19. The predicted octanol–water partition coefficient (Wildman–Crippen LogP) is -0.215. The molecule has 1 rings (SSSR count). The maximum Gasteiger partial charge on any atom is 0.186 e. The van der Waals surface area contributed by atoms with Gasteiger partial charge in [0.1, 0.15) is 0 Å². The molecule has 0 aliphatic carbocycles. The van der Waals surface area contributed by atoms with E-state index in [1.54, 1.807) is 6.92 Å². The van der Waals surface area contributed by atoms with Crippen LogP contribution in [0.25, 0.3) is 0 Å². The van der Waals surface area contributed by atoms with Gasteiger partial charge in [-0.15, -0.1) is 0 Å². The monoisotopic (exact) mass is 160 g/mol. The van der Waals surface area contributed by atoms with Gasteiger partial charge in [-0.05, 0) is 0 Å². The minimum atomic E-state index is 0.204. The molecule has 0 atom stereocenters. The second kappa shape index (κ2) is 3.95. The zero-order valence-corrected chi connectivity index (χ0v) is 6.83. The zero-order chi connectivity index (χ0) is 7.40. The largest absolute Gasteiger partial charge is 0.303 e. The van der Waals surface area contributed by atoms with Crippen molar-refractivity contribution in [2.24, 2.45) is 0 Å². The summed E-state index contributed by atoms with van der Waals surface area (Å²) in [5, 5.41) is 6.94. The van der Waals surface area contributed by atoms with Crippen LogP contribution in [0.4, 0.5) is 0 Å². The van der Waals surface area contributed by atoms with E-state index in [-0.39, 0.29) is 5.12 Å². The summed E-state index contributed by atoms with van der Waals surface area (Å²) >= 11 is 1.41. The van der Waals surface area contributed by atoms with Gasteiger partial charge in [-0.2, -0.15) is 0 Å². The van der Waals surface area contributed by atoms with Gasteiger partial charge in [0, 0.05) is 31.9 Å². The van der Waals surface area contributed by atoms with Crippen LogP contribution in [-0.2, 0) is 4.79 Å². The maximum atomic E-state index is 10.6. The maximum absolute atomic E-state index is 10.6. The van der Waals surface area contributed by atoms with Crippen molar-refractivity contribution in [3.05, 3.63) is 0 Å². The first kappa shape index (κ1) is 8.04. The predicted molar refractivity (Wildman–Crippen MR) is 42.9 cm³/mol. The summed E-state index contributed by atoms with van der Waals surface area (Å²) in [6.07, 6.45) is 0. The summed E-state index contributed by atoms with van der Waals surface area (Å²) in [5.74, 6) is 0. The molecule has 0 spiro atoms. The molecule has 4 heteroatoms. The van der Waals surface area contributed by atoms with Crippen LogP contribution in [0.3, 0.4) is 0 Å². The van der Waals surface area contributed by atoms with E-state index >= 15 is 0 Å². The van der Waals surface area contributed by atoms with Gasteiger partial charge in [0.05, 0.1) is 0 Å². The standard InChI is InChI=1S/C6H12N2OS/c1-5(9)10-6-2-7-4-8-3-6/h6-8H,2-4H2,1H3. The molecule has 0 radical (unpaired) electrons. The Morgan fingerprint density at radius 2 is 2.10 bits per heavy atom. The Morgan fingerprint density at radius 1 is 1.50 bits per heavy atom. The van der Waals surface area contributed by atoms with Crippen molar-refractivity contribution in [3.63, 3.8) is 0 Å². The van der Waals surface area contributed by atoms with Gasteiger partial charge in [0.25, 0.3) is 0 Å². The van der Waals surface area contributed by atoms with Crippen molar-refractivity contribution in [2.45, 2.75) is 12.2 Å². The number of carbonyl (C=O) groups is 1. The van der Waals surface area contributed by atoms with Crippen LogP contribution in [0, 0.1) is 0 Å². The van der Waals surface area contributed by atoms with Gasteiger partial charge < -0.3 is 10.6 Å². The van der Waals surface area contributed by atoms with Gasteiger partial charge >= 0.3 is 0 Å². The summed E-state index contributed by atoms with van der Waals surface area (Å²) in [5.41, 5.74) is 0. The molecule has 1 fully saturated rings. The minimum Gasteiger partial charge on any atom is -0.303 e. The van der Waals surface area contributed by atoms with E-state index in [9.17, 15) is 4.79 Å². The summed E-state index contributed by atoms with van der Waals surface area (Å²) in [7, 11) is 0. The SMILES string of the molecule is CC(=O)SC1CNCNC1. The fourth-order valence-corrected chi connectivity index (χ4v) is 1.82. The third-order valence-electron chi connectivity index (χ3n) is 1.33. The molecule has 1 saturated heterocycles. The molecule has 1 heterocycles. The lowest BCUT2D eigenvalue weighted by molar-refractivity contribution is -0.109. The lowest BCUT2D eigenvalue weighted by Gasteiger charge is -2.21. The summed E-state index contributed by atoms with van der Waals surface area (Å²) in [4.78, 5) is 10.6. The number of rotatable bonds is 1. The molecule has 0 saturated carbocycles. The van der Waals surface area contributed by atoms with Crippen LogP contribution in [-0.4, -0.2) is 30.1 Å². The molecule has 0 aromatic carbocycles. The van der Waals surface area contributed by atoms with Crippen LogP contribution in [0.2, 0.25) is 0 Å². The van der Waals surface area contributed by atoms with E-state index in [4.69, 9.17) is 0 Å². The molecule has 3 nitrogen and oxygen atoms in total. The van der Waals surface area contributed by atoms with Crippen molar-refractivity contribution in [2.75, 3.05) is 19.8 Å². The van der Waals surface area contributed by atoms with Gasteiger partial charge in [0.15, 0.2) is 5.12 Å². The van der Waals surface area contributed by atoms with Gasteiger partial charge in [-0.3, -0.25) is 4.79 Å². The molecular weight excluding hydrogens is 148 g/mol. The highest BCUT2D eigenvalue weighted by Gasteiger charge is 2.13. The lowest BCUT2D eigenvalue weighted by atomic mass is 10.4. The van der Waals surface area contributed by atoms with E-state index in [1.807, 2.05) is 0 Å². The molecular formula is C6H12N2OS. The summed E-state index contributed by atoms with van der Waals surface area (Å²) in [6.45, 7) is 4.36. The minimum absolute atomic E-state index is 0.204. The number of nitrogens with one attached hydrogen (secondary N) is 2. The zero-order valence-electron chi connectivity index (χ0n) is 6.02. The van der Waals surface area contributed by atoms with Crippen LogP contribution < -0.4 is 10.6 Å². The van der Waals surface area contributed by atoms with E-state index in [0.717, 1.165) is 19.8 Å². The van der Waals surface area contributed by atoms with Crippen LogP contribution in [0.5, 0.6) is 0 Å². The topological polar surface area (TPSA) is 41.1 Å². The third kappa shape index (κ3) is 2.68. The molecule has 58 valence electrons. The highest BCUT2D eigenvalue weighted by Crippen LogP contribution is 2.10. The normalized spacial score (nSPS) is 20.9. The molecule has 0 bridgehead atoms. The molecule has 0 amide bonds. The average molecular weight is 160 g/mol. The molecule has 0 aromatic heterocycles. The second-order valence-electron chi connectivity index (χ2n) is 2.32. The van der Waals surface area contributed by atoms with Crippen molar-refractivity contribution in [3.8, 4) is 0 Å². The fourth-order valence-electron chi connectivity index (χ4n) is 0.945. The quantitative estimate of drug-likeness (QED) is 0.556. The third-order valence-corrected chi connectivity index (χ3v) is 2.33. The fraction of sp³-hybridized carbons (Fsp3) is 0.833. The highest BCUT2D eigenvalue weighted by molar-refractivity contribution is 8.14.